The summed E-state index contributed by atoms with van der Waals surface area (Å²) in [4.78, 5) is 11.8. The number of amides is 1. The maximum Gasteiger partial charge on any atom is 0.224 e. The molecule has 1 aromatic carbocycles. The molecule has 0 bridgehead atoms. The number of aromatic nitrogens is 2. The number of hydrogen-bond donors (Lipinski definition) is 2. The summed E-state index contributed by atoms with van der Waals surface area (Å²) < 4.78 is 1.79. The van der Waals surface area contributed by atoms with Crippen LogP contribution in [0, 0.1) is 5.92 Å². The predicted molar refractivity (Wildman–Crippen MR) is 78.2 cm³/mol. The van der Waals surface area contributed by atoms with Crippen LogP contribution in [-0.2, 0) is 11.3 Å². The van der Waals surface area contributed by atoms with Crippen molar-refractivity contribution in [3.05, 3.63) is 48.3 Å². The van der Waals surface area contributed by atoms with E-state index in [1.54, 1.807) is 10.9 Å². The summed E-state index contributed by atoms with van der Waals surface area (Å²) in [6.07, 6.45) is 4.43. The summed E-state index contributed by atoms with van der Waals surface area (Å²) in [5.41, 5.74) is 7.52. The smallest absolute Gasteiger partial charge is 0.224 e. The van der Waals surface area contributed by atoms with E-state index in [-0.39, 0.29) is 11.8 Å². The van der Waals surface area contributed by atoms with E-state index in [0.717, 1.165) is 17.7 Å². The van der Waals surface area contributed by atoms with E-state index in [2.05, 4.69) is 10.4 Å². The van der Waals surface area contributed by atoms with Crippen LogP contribution >= 0.6 is 0 Å². The molecule has 3 N–H and O–H groups in total. The Bertz CT molecular complexity index is 546. The Kier molecular flexibility index (Phi) is 4.90. The molecule has 1 heterocycles. The van der Waals surface area contributed by atoms with Crippen LogP contribution in [0.3, 0.4) is 0 Å². The lowest BCUT2D eigenvalue weighted by Crippen LogP contribution is -2.34. The Balaban J connectivity index is 1.95. The summed E-state index contributed by atoms with van der Waals surface area (Å²) in [6, 6.07) is 9.86. The molecule has 0 spiro atoms. The van der Waals surface area contributed by atoms with Gasteiger partial charge in [0.05, 0.1) is 11.9 Å². The lowest BCUT2D eigenvalue weighted by molar-refractivity contribution is -0.124. The molecule has 2 rings (SSSR count). The predicted octanol–water partition coefficient (Wildman–Crippen LogP) is 1.47. The third-order valence-corrected chi connectivity index (χ3v) is 3.27. The summed E-state index contributed by atoms with van der Waals surface area (Å²) in [5.74, 6) is -0.110. The van der Waals surface area contributed by atoms with Gasteiger partial charge in [0.2, 0.25) is 5.91 Å². The first-order chi connectivity index (χ1) is 9.74. The van der Waals surface area contributed by atoms with Crippen molar-refractivity contribution in [3.8, 4) is 5.69 Å². The van der Waals surface area contributed by atoms with Crippen molar-refractivity contribution in [2.45, 2.75) is 19.9 Å². The third kappa shape index (κ3) is 3.45. The van der Waals surface area contributed by atoms with Crippen LogP contribution in [0.4, 0.5) is 0 Å². The van der Waals surface area contributed by atoms with Crippen LogP contribution in [0.2, 0.25) is 0 Å². The fourth-order valence-corrected chi connectivity index (χ4v) is 1.97. The molecule has 2 aromatic rings. The van der Waals surface area contributed by atoms with Gasteiger partial charge in [-0.3, -0.25) is 4.79 Å². The fourth-order valence-electron chi connectivity index (χ4n) is 1.97. The SMILES string of the molecule is CCC(CN)C(=O)NCc1cnn(-c2ccccc2)c1. The van der Waals surface area contributed by atoms with Crippen LogP contribution < -0.4 is 11.1 Å². The van der Waals surface area contributed by atoms with Crippen LogP contribution in [0.15, 0.2) is 42.7 Å². The van der Waals surface area contributed by atoms with Crippen molar-refractivity contribution >= 4 is 5.91 Å². The number of nitrogens with two attached hydrogens (primary N) is 1. The number of carbonyl (C=O) groups excluding carboxylic acids is 1. The molecule has 5 nitrogen and oxygen atoms in total. The second kappa shape index (κ2) is 6.86. The molecule has 0 fully saturated rings. The molecule has 20 heavy (non-hydrogen) atoms. The van der Waals surface area contributed by atoms with E-state index >= 15 is 0 Å². The maximum absolute atomic E-state index is 11.8. The lowest BCUT2D eigenvalue weighted by atomic mass is 10.1. The molecule has 0 radical (unpaired) electrons. The molecule has 1 aromatic heterocycles. The topological polar surface area (TPSA) is 72.9 Å². The van der Waals surface area contributed by atoms with Gasteiger partial charge in [-0.05, 0) is 18.6 Å². The van der Waals surface area contributed by atoms with Gasteiger partial charge >= 0.3 is 0 Å². The maximum atomic E-state index is 11.8. The van der Waals surface area contributed by atoms with E-state index in [4.69, 9.17) is 5.73 Å². The highest BCUT2D eigenvalue weighted by Gasteiger charge is 2.13. The van der Waals surface area contributed by atoms with Crippen molar-refractivity contribution < 1.29 is 4.79 Å². The van der Waals surface area contributed by atoms with Gasteiger partial charge in [-0.2, -0.15) is 5.10 Å². The summed E-state index contributed by atoms with van der Waals surface area (Å²) in [5, 5.41) is 7.18. The Hall–Kier alpha value is -2.14. The van der Waals surface area contributed by atoms with Crippen LogP contribution in [0.25, 0.3) is 5.69 Å². The van der Waals surface area contributed by atoms with E-state index in [1.165, 1.54) is 0 Å². The minimum atomic E-state index is -0.112. The van der Waals surface area contributed by atoms with Crippen molar-refractivity contribution in [3.63, 3.8) is 0 Å². The number of carbonyl (C=O) groups is 1. The molecule has 0 saturated carbocycles. The normalized spacial score (nSPS) is 12.1. The van der Waals surface area contributed by atoms with Crippen molar-refractivity contribution in [1.29, 1.82) is 0 Å². The molecule has 0 aliphatic carbocycles. The lowest BCUT2D eigenvalue weighted by Gasteiger charge is -2.11. The first kappa shape index (κ1) is 14.3. The number of benzene rings is 1. The summed E-state index contributed by atoms with van der Waals surface area (Å²) in [7, 11) is 0. The van der Waals surface area contributed by atoms with E-state index in [9.17, 15) is 4.79 Å². The first-order valence-electron chi connectivity index (χ1n) is 6.81. The highest BCUT2D eigenvalue weighted by Crippen LogP contribution is 2.08. The standard InChI is InChI=1S/C15H20N4O/c1-2-13(8-16)15(20)17-9-12-10-18-19(11-12)14-6-4-3-5-7-14/h3-7,10-11,13H,2,8-9,16H2,1H3,(H,17,20). The Morgan fingerprint density at radius 2 is 2.15 bits per heavy atom. The Morgan fingerprint density at radius 1 is 1.40 bits per heavy atom. The first-order valence-corrected chi connectivity index (χ1v) is 6.81. The number of para-hydroxylation sites is 1. The van der Waals surface area contributed by atoms with Gasteiger partial charge in [0.15, 0.2) is 0 Å². The van der Waals surface area contributed by atoms with Gasteiger partial charge in [-0.25, -0.2) is 4.68 Å². The third-order valence-electron chi connectivity index (χ3n) is 3.27. The second-order valence-electron chi connectivity index (χ2n) is 4.69. The zero-order valence-electron chi connectivity index (χ0n) is 11.6. The minimum Gasteiger partial charge on any atom is -0.352 e. The molecule has 1 amide bonds. The molecule has 1 atom stereocenters. The number of nitrogens with zero attached hydrogens (tertiary/aromatic N) is 2. The number of nitrogens with one attached hydrogen (secondary N) is 1. The van der Waals surface area contributed by atoms with Crippen molar-refractivity contribution in [2.75, 3.05) is 6.54 Å². The van der Waals surface area contributed by atoms with Crippen molar-refractivity contribution in [1.82, 2.24) is 15.1 Å². The van der Waals surface area contributed by atoms with Gasteiger partial charge in [0.25, 0.3) is 0 Å². The number of hydrogen-bond acceptors (Lipinski definition) is 3. The monoisotopic (exact) mass is 272 g/mol. The van der Waals surface area contributed by atoms with Gasteiger partial charge in [0, 0.05) is 30.8 Å². The van der Waals surface area contributed by atoms with Crippen LogP contribution in [-0.4, -0.2) is 22.2 Å². The van der Waals surface area contributed by atoms with Crippen LogP contribution in [0.1, 0.15) is 18.9 Å². The van der Waals surface area contributed by atoms with E-state index in [0.29, 0.717) is 13.1 Å². The van der Waals surface area contributed by atoms with Crippen molar-refractivity contribution in [2.24, 2.45) is 11.7 Å². The van der Waals surface area contributed by atoms with Gasteiger partial charge in [-0.1, -0.05) is 25.1 Å². The van der Waals surface area contributed by atoms with Gasteiger partial charge < -0.3 is 11.1 Å². The van der Waals surface area contributed by atoms with Gasteiger partial charge in [0.1, 0.15) is 0 Å². The molecular formula is C15H20N4O. The molecule has 1 unspecified atom stereocenters. The van der Waals surface area contributed by atoms with E-state index in [1.807, 2.05) is 43.5 Å². The minimum absolute atomic E-state index is 0.00228. The molecule has 106 valence electrons. The Labute approximate surface area is 118 Å². The summed E-state index contributed by atoms with van der Waals surface area (Å²) >= 11 is 0. The average molecular weight is 272 g/mol. The number of rotatable bonds is 6. The molecular weight excluding hydrogens is 252 g/mol. The van der Waals surface area contributed by atoms with E-state index < -0.39 is 0 Å². The Morgan fingerprint density at radius 3 is 2.80 bits per heavy atom. The summed E-state index contributed by atoms with van der Waals surface area (Å²) in [6.45, 7) is 2.82. The van der Waals surface area contributed by atoms with Crippen LogP contribution in [0.5, 0.6) is 0 Å². The fraction of sp³-hybridized carbons (Fsp3) is 0.333. The quantitative estimate of drug-likeness (QED) is 0.836. The molecule has 0 saturated heterocycles. The molecule has 0 aliphatic rings. The zero-order valence-corrected chi connectivity index (χ0v) is 11.6. The highest BCUT2D eigenvalue weighted by molar-refractivity contribution is 5.78. The highest BCUT2D eigenvalue weighted by atomic mass is 16.1. The zero-order chi connectivity index (χ0) is 14.4. The second-order valence-corrected chi connectivity index (χ2v) is 4.69. The average Bonchev–Trinajstić information content (AvgIpc) is 2.96. The largest absolute Gasteiger partial charge is 0.352 e. The molecule has 5 heteroatoms. The molecule has 0 aliphatic heterocycles. The van der Waals surface area contributed by atoms with Gasteiger partial charge in [-0.15, -0.1) is 0 Å².